The molecule has 0 saturated heterocycles. The molecule has 4 heteroatoms. The second-order valence-corrected chi connectivity index (χ2v) is 5.26. The van der Waals surface area contributed by atoms with Crippen molar-refractivity contribution in [3.63, 3.8) is 0 Å². The third-order valence-corrected chi connectivity index (χ3v) is 3.57. The quantitative estimate of drug-likeness (QED) is 0.753. The van der Waals surface area contributed by atoms with Gasteiger partial charge in [0.1, 0.15) is 0 Å². The lowest BCUT2D eigenvalue weighted by Gasteiger charge is -2.18. The minimum absolute atomic E-state index is 0.0506. The summed E-state index contributed by atoms with van der Waals surface area (Å²) in [6.07, 6.45) is 0. The zero-order valence-corrected chi connectivity index (χ0v) is 12.0. The van der Waals surface area contributed by atoms with Gasteiger partial charge < -0.3 is 5.32 Å². The van der Waals surface area contributed by atoms with Gasteiger partial charge in [0.2, 0.25) is 0 Å². The van der Waals surface area contributed by atoms with E-state index in [1.807, 2.05) is 43.3 Å². The van der Waals surface area contributed by atoms with Gasteiger partial charge in [-0.05, 0) is 36.8 Å². The van der Waals surface area contributed by atoms with E-state index in [0.717, 1.165) is 11.3 Å². The first kappa shape index (κ1) is 13.5. The Morgan fingerprint density at radius 1 is 0.944 bits per heavy atom. The summed E-state index contributed by atoms with van der Waals surface area (Å²) in [6, 6.07) is 13.1. The topological polar surface area (TPSA) is 12.0 Å². The van der Waals surface area contributed by atoms with E-state index in [1.54, 1.807) is 6.07 Å². The number of anilines is 1. The summed E-state index contributed by atoms with van der Waals surface area (Å²) in [5, 5.41) is 5.30. The molecular weight excluding hydrogens is 289 g/mol. The summed E-state index contributed by atoms with van der Waals surface area (Å²) >= 11 is 18.2. The van der Waals surface area contributed by atoms with Gasteiger partial charge in [0.25, 0.3) is 0 Å². The molecule has 94 valence electrons. The van der Waals surface area contributed by atoms with Crippen LogP contribution in [0.5, 0.6) is 0 Å². The Balaban J connectivity index is 2.22. The van der Waals surface area contributed by atoms with Crippen LogP contribution in [0.1, 0.15) is 18.5 Å². The van der Waals surface area contributed by atoms with Crippen LogP contribution in [0, 0.1) is 0 Å². The van der Waals surface area contributed by atoms with Gasteiger partial charge in [-0.25, -0.2) is 0 Å². The van der Waals surface area contributed by atoms with Crippen LogP contribution in [0.2, 0.25) is 15.1 Å². The summed E-state index contributed by atoms with van der Waals surface area (Å²) in [6.45, 7) is 2.03. The predicted octanol–water partition coefficient (Wildman–Crippen LogP) is 5.82. The highest BCUT2D eigenvalue weighted by Crippen LogP contribution is 2.30. The van der Waals surface area contributed by atoms with E-state index >= 15 is 0 Å². The zero-order valence-electron chi connectivity index (χ0n) is 9.75. The lowest BCUT2D eigenvalue weighted by Crippen LogP contribution is -2.07. The molecular formula is C14H12Cl3N. The first-order chi connectivity index (χ1) is 8.58. The molecule has 1 N–H and O–H groups in total. The van der Waals surface area contributed by atoms with E-state index in [1.165, 1.54) is 0 Å². The van der Waals surface area contributed by atoms with Crippen molar-refractivity contribution in [2.24, 2.45) is 0 Å². The van der Waals surface area contributed by atoms with Gasteiger partial charge in [-0.1, -0.05) is 53.0 Å². The van der Waals surface area contributed by atoms with Crippen LogP contribution in [-0.4, -0.2) is 0 Å². The number of nitrogens with one attached hydrogen (secondary N) is 1. The lowest BCUT2D eigenvalue weighted by atomic mass is 10.1. The Kier molecular flexibility index (Phi) is 4.39. The van der Waals surface area contributed by atoms with Gasteiger partial charge in [0.05, 0.1) is 16.8 Å². The summed E-state index contributed by atoms with van der Waals surface area (Å²) in [5.74, 6) is 0. The standard InChI is InChI=1S/C14H12Cl3N/c1-9(11-7-6-10(15)8-13(11)17)18-14-5-3-2-4-12(14)16/h2-9,18H,1H3/t9-/m1/s1. The van der Waals surface area contributed by atoms with E-state index in [9.17, 15) is 0 Å². The van der Waals surface area contributed by atoms with Gasteiger partial charge in [0, 0.05) is 10.0 Å². The largest absolute Gasteiger partial charge is 0.377 e. The molecule has 1 nitrogen and oxygen atoms in total. The monoisotopic (exact) mass is 299 g/mol. The Morgan fingerprint density at radius 3 is 2.33 bits per heavy atom. The normalized spacial score (nSPS) is 12.2. The highest BCUT2D eigenvalue weighted by molar-refractivity contribution is 6.35. The molecule has 0 unspecified atom stereocenters. The van der Waals surface area contributed by atoms with Crippen LogP contribution in [-0.2, 0) is 0 Å². The maximum absolute atomic E-state index is 6.17. The number of benzene rings is 2. The van der Waals surface area contributed by atoms with Crippen LogP contribution in [0.15, 0.2) is 42.5 Å². The van der Waals surface area contributed by atoms with Gasteiger partial charge in [-0.15, -0.1) is 0 Å². The first-order valence-corrected chi connectivity index (χ1v) is 6.67. The number of rotatable bonds is 3. The number of hydrogen-bond donors (Lipinski definition) is 1. The SMILES string of the molecule is C[C@@H](Nc1ccccc1Cl)c1ccc(Cl)cc1Cl. The van der Waals surface area contributed by atoms with Crippen LogP contribution >= 0.6 is 34.8 Å². The van der Waals surface area contributed by atoms with Crippen LogP contribution < -0.4 is 5.32 Å². The molecule has 0 aromatic heterocycles. The molecule has 0 bridgehead atoms. The molecule has 0 heterocycles. The average molecular weight is 301 g/mol. The fourth-order valence-electron chi connectivity index (χ4n) is 1.74. The molecule has 2 aromatic rings. The van der Waals surface area contributed by atoms with E-state index in [0.29, 0.717) is 15.1 Å². The van der Waals surface area contributed by atoms with E-state index in [4.69, 9.17) is 34.8 Å². The third-order valence-electron chi connectivity index (χ3n) is 2.67. The molecule has 0 aliphatic heterocycles. The van der Waals surface area contributed by atoms with Crippen molar-refractivity contribution < 1.29 is 0 Å². The first-order valence-electron chi connectivity index (χ1n) is 5.54. The molecule has 18 heavy (non-hydrogen) atoms. The van der Waals surface area contributed by atoms with E-state index in [-0.39, 0.29) is 6.04 Å². The maximum atomic E-state index is 6.17. The van der Waals surface area contributed by atoms with Crippen LogP contribution in [0.4, 0.5) is 5.69 Å². The van der Waals surface area contributed by atoms with Gasteiger partial charge in [-0.3, -0.25) is 0 Å². The average Bonchev–Trinajstić information content (AvgIpc) is 2.32. The summed E-state index contributed by atoms with van der Waals surface area (Å²) in [4.78, 5) is 0. The maximum Gasteiger partial charge on any atom is 0.0637 e. The molecule has 2 rings (SSSR count). The Hall–Kier alpha value is -0.890. The number of halogens is 3. The second-order valence-electron chi connectivity index (χ2n) is 4.01. The van der Waals surface area contributed by atoms with Crippen LogP contribution in [0.3, 0.4) is 0 Å². The Bertz CT molecular complexity index is 554. The highest BCUT2D eigenvalue weighted by Gasteiger charge is 2.11. The summed E-state index contributed by atoms with van der Waals surface area (Å²) < 4.78 is 0. The minimum atomic E-state index is 0.0506. The van der Waals surface area contributed by atoms with E-state index < -0.39 is 0 Å². The van der Waals surface area contributed by atoms with Crippen molar-refractivity contribution in [1.82, 2.24) is 0 Å². The van der Waals surface area contributed by atoms with Gasteiger partial charge >= 0.3 is 0 Å². The Morgan fingerprint density at radius 2 is 1.67 bits per heavy atom. The van der Waals surface area contributed by atoms with Crippen molar-refractivity contribution >= 4 is 40.5 Å². The molecule has 0 saturated carbocycles. The molecule has 0 aliphatic carbocycles. The van der Waals surface area contributed by atoms with Crippen molar-refractivity contribution in [3.05, 3.63) is 63.1 Å². The Labute approximate surface area is 122 Å². The van der Waals surface area contributed by atoms with Gasteiger partial charge in [-0.2, -0.15) is 0 Å². The zero-order chi connectivity index (χ0) is 13.1. The van der Waals surface area contributed by atoms with Crippen molar-refractivity contribution in [2.45, 2.75) is 13.0 Å². The summed E-state index contributed by atoms with van der Waals surface area (Å²) in [7, 11) is 0. The molecule has 2 aromatic carbocycles. The minimum Gasteiger partial charge on any atom is -0.377 e. The number of hydrogen-bond acceptors (Lipinski definition) is 1. The highest BCUT2D eigenvalue weighted by atomic mass is 35.5. The fraction of sp³-hybridized carbons (Fsp3) is 0.143. The molecule has 0 spiro atoms. The second kappa shape index (κ2) is 5.83. The fourth-order valence-corrected chi connectivity index (χ4v) is 2.50. The molecule has 0 aliphatic rings. The predicted molar refractivity (Wildman–Crippen MR) is 80.0 cm³/mol. The molecule has 0 amide bonds. The lowest BCUT2D eigenvalue weighted by molar-refractivity contribution is 0.885. The molecule has 0 fully saturated rings. The smallest absolute Gasteiger partial charge is 0.0637 e. The van der Waals surface area contributed by atoms with E-state index in [2.05, 4.69) is 5.32 Å². The molecule has 0 radical (unpaired) electrons. The molecule has 1 atom stereocenters. The van der Waals surface area contributed by atoms with Crippen LogP contribution in [0.25, 0.3) is 0 Å². The van der Waals surface area contributed by atoms with Gasteiger partial charge in [0.15, 0.2) is 0 Å². The van der Waals surface area contributed by atoms with Crippen molar-refractivity contribution in [1.29, 1.82) is 0 Å². The van der Waals surface area contributed by atoms with Crippen molar-refractivity contribution in [3.8, 4) is 0 Å². The van der Waals surface area contributed by atoms with Crippen molar-refractivity contribution in [2.75, 3.05) is 5.32 Å². The third kappa shape index (κ3) is 3.11. The summed E-state index contributed by atoms with van der Waals surface area (Å²) in [5.41, 5.74) is 1.87. The number of para-hydroxylation sites is 1.